The lowest BCUT2D eigenvalue weighted by Crippen LogP contribution is -2.54. The van der Waals surface area contributed by atoms with Crippen LogP contribution < -0.4 is 0 Å². The predicted octanol–water partition coefficient (Wildman–Crippen LogP) is 0.191. The van der Waals surface area contributed by atoms with E-state index in [-0.39, 0.29) is 6.61 Å². The van der Waals surface area contributed by atoms with Crippen LogP contribution in [0.2, 0.25) is 0 Å². The quantitative estimate of drug-likeness (QED) is 0.666. The van der Waals surface area contributed by atoms with Gasteiger partial charge in [0.05, 0.1) is 6.61 Å². The van der Waals surface area contributed by atoms with Crippen LogP contribution in [-0.2, 0) is 28.5 Å². The normalized spacial score (nSPS) is 32.9. The summed E-state index contributed by atoms with van der Waals surface area (Å²) in [5, 5.41) is 0. The summed E-state index contributed by atoms with van der Waals surface area (Å²) >= 11 is 0. The number of esters is 2. The second-order valence-electron chi connectivity index (χ2n) is 3.60. The molecular weight excluding hydrogens is 235 g/mol. The number of ether oxygens (including phenoxy) is 4. The van der Waals surface area contributed by atoms with Gasteiger partial charge in [-0.05, 0) is 0 Å². The molecule has 0 radical (unpaired) electrons. The van der Waals surface area contributed by atoms with E-state index in [1.165, 1.54) is 14.0 Å². The molecular formula is C10H15FO6. The molecule has 0 aromatic heterocycles. The molecule has 0 aromatic carbocycles. The molecule has 17 heavy (non-hydrogen) atoms. The third-order valence-electron chi connectivity index (χ3n) is 2.22. The summed E-state index contributed by atoms with van der Waals surface area (Å²) < 4.78 is 33.2. The van der Waals surface area contributed by atoms with Crippen molar-refractivity contribution in [3.8, 4) is 0 Å². The Kier molecular flexibility index (Phi) is 4.83. The highest BCUT2D eigenvalue weighted by Gasteiger charge is 2.45. The van der Waals surface area contributed by atoms with Crippen LogP contribution in [0.4, 0.5) is 4.39 Å². The number of carbonyl (C=O) groups excluding carboxylic acids is 2. The minimum absolute atomic E-state index is 0.0869. The lowest BCUT2D eigenvalue weighted by atomic mass is 10.1. The van der Waals surface area contributed by atoms with Crippen molar-refractivity contribution < 1.29 is 32.9 Å². The fraction of sp³-hybridized carbons (Fsp3) is 0.800. The van der Waals surface area contributed by atoms with Gasteiger partial charge in [0.2, 0.25) is 0 Å². The Hall–Kier alpha value is -1.21. The van der Waals surface area contributed by atoms with Crippen molar-refractivity contribution in [1.82, 2.24) is 0 Å². The van der Waals surface area contributed by atoms with Gasteiger partial charge in [0.15, 0.2) is 24.7 Å². The van der Waals surface area contributed by atoms with Crippen molar-refractivity contribution in [1.29, 1.82) is 0 Å². The number of carbonyl (C=O) groups is 2. The second kappa shape index (κ2) is 5.92. The van der Waals surface area contributed by atoms with Gasteiger partial charge in [0.25, 0.3) is 0 Å². The molecule has 1 aliphatic heterocycles. The highest BCUT2D eigenvalue weighted by Crippen LogP contribution is 2.24. The van der Waals surface area contributed by atoms with Crippen LogP contribution >= 0.6 is 0 Å². The van der Waals surface area contributed by atoms with Gasteiger partial charge in [0, 0.05) is 21.0 Å². The molecule has 98 valence electrons. The van der Waals surface area contributed by atoms with E-state index in [9.17, 15) is 14.0 Å². The molecule has 1 fully saturated rings. The van der Waals surface area contributed by atoms with E-state index in [0.29, 0.717) is 0 Å². The lowest BCUT2D eigenvalue weighted by molar-refractivity contribution is -0.254. The van der Waals surface area contributed by atoms with Gasteiger partial charge in [-0.2, -0.15) is 0 Å². The van der Waals surface area contributed by atoms with E-state index in [0.717, 1.165) is 6.92 Å². The molecule has 1 aliphatic rings. The summed E-state index contributed by atoms with van der Waals surface area (Å²) in [7, 11) is 1.27. The monoisotopic (exact) mass is 250 g/mol. The number of halogens is 1. The van der Waals surface area contributed by atoms with Gasteiger partial charge in [-0.15, -0.1) is 0 Å². The first-order valence-corrected chi connectivity index (χ1v) is 5.08. The zero-order chi connectivity index (χ0) is 13.0. The molecule has 1 saturated heterocycles. The van der Waals surface area contributed by atoms with Crippen molar-refractivity contribution >= 4 is 11.9 Å². The summed E-state index contributed by atoms with van der Waals surface area (Å²) in [4.78, 5) is 21.7. The summed E-state index contributed by atoms with van der Waals surface area (Å²) in [6, 6.07) is 0. The molecule has 0 saturated carbocycles. The minimum Gasteiger partial charge on any atom is -0.456 e. The average Bonchev–Trinajstić information content (AvgIpc) is 2.22. The number of hydrogen-bond acceptors (Lipinski definition) is 6. The third-order valence-corrected chi connectivity index (χ3v) is 2.22. The van der Waals surface area contributed by atoms with Crippen LogP contribution in [0.3, 0.4) is 0 Å². The molecule has 0 unspecified atom stereocenters. The van der Waals surface area contributed by atoms with Crippen molar-refractivity contribution in [2.75, 3.05) is 13.7 Å². The zero-order valence-electron chi connectivity index (χ0n) is 9.84. The van der Waals surface area contributed by atoms with Crippen molar-refractivity contribution in [3.05, 3.63) is 0 Å². The van der Waals surface area contributed by atoms with Gasteiger partial charge < -0.3 is 18.9 Å². The first kappa shape index (κ1) is 13.9. The molecule has 4 atom stereocenters. The van der Waals surface area contributed by atoms with Crippen LogP contribution in [0.1, 0.15) is 13.8 Å². The maximum Gasteiger partial charge on any atom is 0.303 e. The van der Waals surface area contributed by atoms with Crippen LogP contribution in [0.15, 0.2) is 0 Å². The predicted molar refractivity (Wildman–Crippen MR) is 52.8 cm³/mol. The number of hydrogen-bond donors (Lipinski definition) is 0. The summed E-state index contributed by atoms with van der Waals surface area (Å²) in [6.07, 6.45) is -5.01. The Labute approximate surface area is 98.0 Å². The molecule has 0 aromatic rings. The van der Waals surface area contributed by atoms with E-state index in [2.05, 4.69) is 0 Å². The highest BCUT2D eigenvalue weighted by molar-refractivity contribution is 5.67. The van der Waals surface area contributed by atoms with Crippen molar-refractivity contribution in [3.63, 3.8) is 0 Å². The number of rotatable bonds is 3. The Balaban J connectivity index is 2.75. The Morgan fingerprint density at radius 1 is 1.24 bits per heavy atom. The van der Waals surface area contributed by atoms with E-state index in [1.807, 2.05) is 0 Å². The van der Waals surface area contributed by atoms with Crippen LogP contribution in [0.5, 0.6) is 0 Å². The standard InChI is InChI=1S/C10H15FO6/c1-5(12)16-7-4-15-10(14-3)8(11)9(7)17-6(2)13/h7-10H,4H2,1-3H3/t7-,8-,9+,10-/m1/s1. The maximum absolute atomic E-state index is 13.9. The van der Waals surface area contributed by atoms with E-state index < -0.39 is 36.6 Å². The van der Waals surface area contributed by atoms with Crippen LogP contribution in [0, 0.1) is 0 Å². The van der Waals surface area contributed by atoms with Gasteiger partial charge >= 0.3 is 11.9 Å². The van der Waals surface area contributed by atoms with Crippen LogP contribution in [-0.4, -0.2) is 50.3 Å². The molecule has 0 spiro atoms. The molecule has 1 rings (SSSR count). The largest absolute Gasteiger partial charge is 0.456 e. The Bertz CT molecular complexity index is 295. The van der Waals surface area contributed by atoms with Gasteiger partial charge in [-0.1, -0.05) is 0 Å². The van der Waals surface area contributed by atoms with Gasteiger partial charge in [-0.3, -0.25) is 9.59 Å². The van der Waals surface area contributed by atoms with E-state index >= 15 is 0 Å². The van der Waals surface area contributed by atoms with Crippen LogP contribution in [0.25, 0.3) is 0 Å². The molecule has 1 heterocycles. The molecule has 0 bridgehead atoms. The second-order valence-corrected chi connectivity index (χ2v) is 3.60. The van der Waals surface area contributed by atoms with E-state index in [1.54, 1.807) is 0 Å². The highest BCUT2D eigenvalue weighted by atomic mass is 19.1. The average molecular weight is 250 g/mol. The first-order chi connectivity index (χ1) is 7.95. The van der Waals surface area contributed by atoms with Gasteiger partial charge in [0.1, 0.15) is 0 Å². The third kappa shape index (κ3) is 3.64. The maximum atomic E-state index is 13.9. The molecule has 0 aliphatic carbocycles. The number of methoxy groups -OCH3 is 1. The van der Waals surface area contributed by atoms with Crippen molar-refractivity contribution in [2.24, 2.45) is 0 Å². The topological polar surface area (TPSA) is 71.1 Å². The zero-order valence-corrected chi connectivity index (χ0v) is 9.84. The number of alkyl halides is 1. The molecule has 7 heteroatoms. The summed E-state index contributed by atoms with van der Waals surface area (Å²) in [5.41, 5.74) is 0. The molecule has 6 nitrogen and oxygen atoms in total. The fourth-order valence-corrected chi connectivity index (χ4v) is 1.58. The summed E-state index contributed by atoms with van der Waals surface area (Å²) in [5.74, 6) is -1.26. The van der Waals surface area contributed by atoms with Gasteiger partial charge in [-0.25, -0.2) is 4.39 Å². The Morgan fingerprint density at radius 2 is 1.82 bits per heavy atom. The SMILES string of the molecule is CO[C@@H]1OC[C@@H](OC(C)=O)[C@H](OC(C)=O)[C@H]1F. The van der Waals surface area contributed by atoms with E-state index in [4.69, 9.17) is 18.9 Å². The smallest absolute Gasteiger partial charge is 0.303 e. The lowest BCUT2D eigenvalue weighted by Gasteiger charge is -2.36. The fourth-order valence-electron chi connectivity index (χ4n) is 1.58. The van der Waals surface area contributed by atoms with Crippen molar-refractivity contribution in [2.45, 2.75) is 38.5 Å². The summed E-state index contributed by atoms with van der Waals surface area (Å²) in [6.45, 7) is 2.24. The first-order valence-electron chi connectivity index (χ1n) is 5.08. The Morgan fingerprint density at radius 3 is 2.29 bits per heavy atom. The molecule has 0 N–H and O–H groups in total. The molecule has 0 amide bonds. The minimum atomic E-state index is -1.71.